The van der Waals surface area contributed by atoms with E-state index in [2.05, 4.69) is 0 Å². The maximum absolute atomic E-state index is 12.3. The van der Waals surface area contributed by atoms with Gasteiger partial charge in [0.25, 0.3) is 0 Å². The summed E-state index contributed by atoms with van der Waals surface area (Å²) in [7, 11) is 0. The summed E-state index contributed by atoms with van der Waals surface area (Å²) in [5.41, 5.74) is -0.465. The molecule has 0 fully saturated rings. The highest BCUT2D eigenvalue weighted by Crippen LogP contribution is 2.36. The Kier molecular flexibility index (Phi) is 2.46. The van der Waals surface area contributed by atoms with Gasteiger partial charge < -0.3 is 0 Å². The van der Waals surface area contributed by atoms with E-state index in [1.807, 2.05) is 0 Å². The van der Waals surface area contributed by atoms with E-state index in [0.717, 1.165) is 4.88 Å². The van der Waals surface area contributed by atoms with Crippen LogP contribution in [0.5, 0.6) is 0 Å². The van der Waals surface area contributed by atoms with E-state index in [4.69, 9.17) is 0 Å². The van der Waals surface area contributed by atoms with Gasteiger partial charge in [-0.15, -0.1) is 11.3 Å². The lowest BCUT2D eigenvalue weighted by Crippen LogP contribution is -2.05. The molecule has 0 aliphatic heterocycles. The van der Waals surface area contributed by atoms with Gasteiger partial charge in [0.2, 0.25) is 0 Å². The first kappa shape index (κ1) is 9.58. The number of hydrogen-bond donors (Lipinski definition) is 0. The lowest BCUT2D eigenvalue weighted by atomic mass is 10.2. The van der Waals surface area contributed by atoms with Crippen molar-refractivity contribution in [2.24, 2.45) is 0 Å². The van der Waals surface area contributed by atoms with Crippen LogP contribution in [0, 0.1) is 6.92 Å². The van der Waals surface area contributed by atoms with Crippen LogP contribution in [0.2, 0.25) is 0 Å². The highest BCUT2D eigenvalue weighted by Gasteiger charge is 2.34. The Bertz CT molecular complexity index is 272. The van der Waals surface area contributed by atoms with Crippen LogP contribution in [0.25, 0.3) is 0 Å². The first-order valence-electron chi connectivity index (χ1n) is 3.61. The predicted molar refractivity (Wildman–Crippen MR) is 43.4 cm³/mol. The lowest BCUT2D eigenvalue weighted by molar-refractivity contribution is -0.137. The van der Waals surface area contributed by atoms with Gasteiger partial charge in [-0.05, 0) is 19.4 Å². The van der Waals surface area contributed by atoms with Crippen LogP contribution < -0.4 is 0 Å². The Morgan fingerprint density at radius 2 is 2.00 bits per heavy atom. The molecule has 68 valence electrons. The molecule has 0 saturated carbocycles. The molecule has 0 spiro atoms. The number of hydrogen-bond acceptors (Lipinski definition) is 1. The fraction of sp³-hybridized carbons (Fsp3) is 0.500. The van der Waals surface area contributed by atoms with Crippen LogP contribution in [0.15, 0.2) is 6.07 Å². The summed E-state index contributed by atoms with van der Waals surface area (Å²) in [6.45, 7) is 3.43. The van der Waals surface area contributed by atoms with E-state index in [1.165, 1.54) is 17.4 Å². The Morgan fingerprint density at radius 1 is 1.42 bits per heavy atom. The first-order chi connectivity index (χ1) is 5.45. The van der Waals surface area contributed by atoms with Crippen molar-refractivity contribution in [2.45, 2.75) is 26.4 Å². The monoisotopic (exact) mass is 194 g/mol. The zero-order chi connectivity index (χ0) is 9.35. The molecule has 0 bridgehead atoms. The molecule has 0 radical (unpaired) electrons. The highest BCUT2D eigenvalue weighted by atomic mass is 32.1. The molecular formula is C8H9F3S. The highest BCUT2D eigenvalue weighted by molar-refractivity contribution is 7.12. The molecule has 0 N–H and O–H groups in total. The number of halogens is 3. The summed E-state index contributed by atoms with van der Waals surface area (Å²) >= 11 is 1.22. The summed E-state index contributed by atoms with van der Waals surface area (Å²) in [5.74, 6) is 0. The van der Waals surface area contributed by atoms with Crippen molar-refractivity contribution in [1.82, 2.24) is 0 Å². The minimum Gasteiger partial charge on any atom is -0.166 e. The van der Waals surface area contributed by atoms with Crippen molar-refractivity contribution < 1.29 is 13.2 Å². The molecule has 0 nitrogen and oxygen atoms in total. The van der Waals surface area contributed by atoms with Crippen LogP contribution in [0.1, 0.15) is 22.2 Å². The minimum atomic E-state index is -4.18. The molecule has 0 amide bonds. The molecule has 4 heteroatoms. The second-order valence-corrected chi connectivity index (χ2v) is 3.89. The molecule has 1 rings (SSSR count). The SMILES string of the molecule is CCc1sc(C)cc1C(F)(F)F. The largest absolute Gasteiger partial charge is 0.417 e. The van der Waals surface area contributed by atoms with E-state index in [1.54, 1.807) is 13.8 Å². The van der Waals surface area contributed by atoms with E-state index >= 15 is 0 Å². The molecule has 0 aromatic carbocycles. The average molecular weight is 194 g/mol. The van der Waals surface area contributed by atoms with Gasteiger partial charge in [-0.1, -0.05) is 6.92 Å². The Morgan fingerprint density at radius 3 is 2.33 bits per heavy atom. The van der Waals surface area contributed by atoms with Gasteiger partial charge in [-0.25, -0.2) is 0 Å². The molecule has 0 unspecified atom stereocenters. The third-order valence-corrected chi connectivity index (χ3v) is 2.75. The van der Waals surface area contributed by atoms with Crippen LogP contribution >= 0.6 is 11.3 Å². The van der Waals surface area contributed by atoms with Crippen molar-refractivity contribution >= 4 is 11.3 Å². The molecule has 1 aromatic heterocycles. The molecule has 1 heterocycles. The average Bonchev–Trinajstić information content (AvgIpc) is 2.29. The number of rotatable bonds is 1. The number of aryl methyl sites for hydroxylation is 2. The Labute approximate surface area is 73.0 Å². The fourth-order valence-electron chi connectivity index (χ4n) is 1.07. The number of alkyl halides is 3. The summed E-state index contributed by atoms with van der Waals surface area (Å²) in [6.07, 6.45) is -3.73. The van der Waals surface area contributed by atoms with Crippen molar-refractivity contribution in [1.29, 1.82) is 0 Å². The van der Waals surface area contributed by atoms with Crippen molar-refractivity contribution in [3.63, 3.8) is 0 Å². The van der Waals surface area contributed by atoms with Crippen molar-refractivity contribution in [3.8, 4) is 0 Å². The minimum absolute atomic E-state index is 0.431. The van der Waals surface area contributed by atoms with Crippen LogP contribution in [-0.4, -0.2) is 0 Å². The second-order valence-electron chi connectivity index (χ2n) is 2.55. The smallest absolute Gasteiger partial charge is 0.166 e. The van der Waals surface area contributed by atoms with E-state index < -0.39 is 11.7 Å². The fourth-order valence-corrected chi connectivity index (χ4v) is 2.06. The Balaban J connectivity index is 3.13. The predicted octanol–water partition coefficient (Wildman–Crippen LogP) is 3.64. The summed E-state index contributed by atoms with van der Waals surface area (Å²) in [5, 5.41) is 0. The van der Waals surface area contributed by atoms with Gasteiger partial charge in [0.15, 0.2) is 0 Å². The summed E-state index contributed by atoms with van der Waals surface area (Å²) in [4.78, 5) is 1.15. The Hall–Kier alpha value is -0.510. The molecule has 0 saturated heterocycles. The van der Waals surface area contributed by atoms with E-state index in [0.29, 0.717) is 11.3 Å². The van der Waals surface area contributed by atoms with Crippen molar-refractivity contribution in [3.05, 3.63) is 21.4 Å². The second kappa shape index (κ2) is 3.09. The third-order valence-electron chi connectivity index (χ3n) is 1.56. The zero-order valence-corrected chi connectivity index (χ0v) is 7.64. The van der Waals surface area contributed by atoms with Crippen LogP contribution in [0.4, 0.5) is 13.2 Å². The van der Waals surface area contributed by atoms with Gasteiger partial charge in [-0.3, -0.25) is 0 Å². The van der Waals surface area contributed by atoms with Crippen molar-refractivity contribution in [2.75, 3.05) is 0 Å². The van der Waals surface area contributed by atoms with Crippen LogP contribution in [0.3, 0.4) is 0 Å². The molecule has 1 aromatic rings. The first-order valence-corrected chi connectivity index (χ1v) is 4.43. The summed E-state index contributed by atoms with van der Waals surface area (Å²) < 4.78 is 36.8. The normalized spacial score (nSPS) is 12.1. The maximum atomic E-state index is 12.3. The van der Waals surface area contributed by atoms with Gasteiger partial charge in [-0.2, -0.15) is 13.2 Å². The van der Waals surface area contributed by atoms with E-state index in [9.17, 15) is 13.2 Å². The van der Waals surface area contributed by atoms with Gasteiger partial charge in [0, 0.05) is 9.75 Å². The third kappa shape index (κ3) is 1.80. The quantitative estimate of drug-likeness (QED) is 0.640. The van der Waals surface area contributed by atoms with Gasteiger partial charge in [0.1, 0.15) is 0 Å². The number of thiophene rings is 1. The topological polar surface area (TPSA) is 0 Å². The van der Waals surface area contributed by atoms with Gasteiger partial charge in [0.05, 0.1) is 5.56 Å². The van der Waals surface area contributed by atoms with Crippen LogP contribution in [-0.2, 0) is 12.6 Å². The molecule has 12 heavy (non-hydrogen) atoms. The van der Waals surface area contributed by atoms with E-state index in [-0.39, 0.29) is 0 Å². The molecule has 0 atom stereocenters. The summed E-state index contributed by atoms with van der Waals surface area (Å²) in [6, 6.07) is 1.21. The molecule has 0 aliphatic carbocycles. The molecular weight excluding hydrogens is 185 g/mol. The maximum Gasteiger partial charge on any atom is 0.417 e. The lowest BCUT2D eigenvalue weighted by Gasteiger charge is -2.05. The van der Waals surface area contributed by atoms with Gasteiger partial charge >= 0.3 is 6.18 Å². The standard InChI is InChI=1S/C8H9F3S/c1-3-7-6(8(9,10)11)4-5(2)12-7/h4H,3H2,1-2H3. The molecule has 0 aliphatic rings. The zero-order valence-electron chi connectivity index (χ0n) is 6.83.